The Labute approximate surface area is 247 Å². The molecule has 2 aliphatic carbocycles. The first-order valence-corrected chi connectivity index (χ1v) is 14.9. The molecule has 0 heterocycles. The quantitative estimate of drug-likeness (QED) is 0.185. The van der Waals surface area contributed by atoms with E-state index in [1.165, 1.54) is 12.1 Å². The molecule has 1 N–H and O–H groups in total. The predicted molar refractivity (Wildman–Crippen MR) is 166 cm³/mol. The van der Waals surface area contributed by atoms with Gasteiger partial charge in [-0.3, -0.25) is 14.4 Å². The van der Waals surface area contributed by atoms with Crippen LogP contribution in [0.5, 0.6) is 0 Å². The fraction of sp³-hybridized carbons (Fsp3) is 0.556. The molecule has 6 atom stereocenters. The molecule has 5 nitrogen and oxygen atoms in total. The van der Waals surface area contributed by atoms with E-state index < -0.39 is 5.97 Å². The van der Waals surface area contributed by atoms with Gasteiger partial charge in [0.05, 0.1) is 5.56 Å². The average Bonchev–Trinajstić information content (AvgIpc) is 2.87. The molecule has 0 aromatic heterocycles. The molecule has 6 unspecified atom stereocenters. The molecule has 0 aliphatic heterocycles. The van der Waals surface area contributed by atoms with E-state index >= 15 is 0 Å². The van der Waals surface area contributed by atoms with Crippen LogP contribution in [-0.4, -0.2) is 28.4 Å². The van der Waals surface area contributed by atoms with Gasteiger partial charge >= 0.3 is 5.97 Å². The van der Waals surface area contributed by atoms with E-state index in [4.69, 9.17) is 5.11 Å². The smallest absolute Gasteiger partial charge is 0.335 e. The lowest BCUT2D eigenvalue weighted by Crippen LogP contribution is -2.38. The van der Waals surface area contributed by atoms with Crippen molar-refractivity contribution in [3.63, 3.8) is 0 Å². The molecule has 3 rings (SSSR count). The molecule has 0 saturated carbocycles. The van der Waals surface area contributed by atoms with E-state index in [1.54, 1.807) is 18.2 Å². The third kappa shape index (κ3) is 8.70. The zero-order valence-electron chi connectivity index (χ0n) is 26.4. The van der Waals surface area contributed by atoms with Gasteiger partial charge in [0.25, 0.3) is 0 Å². The Morgan fingerprint density at radius 2 is 1.32 bits per heavy atom. The first-order chi connectivity index (χ1) is 19.0. The Kier molecular flexibility index (Phi) is 11.8. The summed E-state index contributed by atoms with van der Waals surface area (Å²) in [5, 5.41) is 8.97. The molecule has 2 aliphatic rings. The van der Waals surface area contributed by atoms with E-state index in [0.717, 1.165) is 12.8 Å². The van der Waals surface area contributed by atoms with Crippen molar-refractivity contribution in [2.75, 3.05) is 0 Å². The van der Waals surface area contributed by atoms with Gasteiger partial charge in [0.2, 0.25) is 0 Å². The monoisotopic (exact) mass is 562 g/mol. The number of aromatic carboxylic acids is 1. The van der Waals surface area contributed by atoms with Crippen LogP contribution in [0.3, 0.4) is 0 Å². The van der Waals surface area contributed by atoms with Crippen molar-refractivity contribution in [1.29, 1.82) is 0 Å². The van der Waals surface area contributed by atoms with Crippen LogP contribution in [0.25, 0.3) is 0 Å². The lowest BCUT2D eigenvalue weighted by molar-refractivity contribution is -0.129. The van der Waals surface area contributed by atoms with Gasteiger partial charge in [-0.1, -0.05) is 97.9 Å². The largest absolute Gasteiger partial charge is 0.478 e. The average molecular weight is 563 g/mol. The van der Waals surface area contributed by atoms with Gasteiger partial charge < -0.3 is 5.11 Å². The number of allylic oxidation sites excluding steroid dienone is 6. The summed E-state index contributed by atoms with van der Waals surface area (Å²) in [6, 6.07) is 5.98. The van der Waals surface area contributed by atoms with Gasteiger partial charge in [-0.05, 0) is 66.6 Å². The summed E-state index contributed by atoms with van der Waals surface area (Å²) in [6.07, 6.45) is 14.5. The van der Waals surface area contributed by atoms with Crippen LogP contribution in [0.4, 0.5) is 0 Å². The second-order valence-electron chi connectivity index (χ2n) is 13.5. The molecular formula is C36H50O5. The van der Waals surface area contributed by atoms with Crippen LogP contribution in [0.15, 0.2) is 60.7 Å². The van der Waals surface area contributed by atoms with Crippen LogP contribution in [-0.2, 0) is 9.59 Å². The van der Waals surface area contributed by atoms with Crippen LogP contribution >= 0.6 is 0 Å². The highest BCUT2D eigenvalue weighted by Crippen LogP contribution is 2.43. The SMILES string of the molecule is C/C=C/C(=O)C1C(C)C=CCC1(C)C.CC1C=CCC(C)(C)C1C(=O)CC(C)C(C)C(=O)c1ccc(C(=O)O)cc1. The zero-order chi connectivity index (χ0) is 31.1. The zero-order valence-corrected chi connectivity index (χ0v) is 26.4. The highest BCUT2D eigenvalue weighted by molar-refractivity contribution is 5.99. The van der Waals surface area contributed by atoms with Crippen LogP contribution in [0.1, 0.15) is 102 Å². The molecule has 0 saturated heterocycles. The second kappa shape index (κ2) is 14.2. The molecule has 0 bridgehead atoms. The number of Topliss-reactive ketones (excluding diaryl/α,β-unsaturated/α-hetero) is 2. The Morgan fingerprint density at radius 1 is 0.854 bits per heavy atom. The molecular weight excluding hydrogens is 512 g/mol. The molecule has 0 amide bonds. The number of carbonyl (C=O) groups is 4. The van der Waals surface area contributed by atoms with E-state index in [9.17, 15) is 19.2 Å². The van der Waals surface area contributed by atoms with Gasteiger partial charge in [-0.2, -0.15) is 0 Å². The number of carboxylic acids is 1. The summed E-state index contributed by atoms with van der Waals surface area (Å²) in [6.45, 7) is 18.5. The summed E-state index contributed by atoms with van der Waals surface area (Å²) < 4.78 is 0. The third-order valence-corrected chi connectivity index (χ3v) is 9.09. The van der Waals surface area contributed by atoms with Gasteiger partial charge in [-0.15, -0.1) is 0 Å². The summed E-state index contributed by atoms with van der Waals surface area (Å²) in [7, 11) is 0. The minimum absolute atomic E-state index is 0.0258. The minimum atomic E-state index is -1.01. The van der Waals surface area contributed by atoms with Gasteiger partial charge in [0.15, 0.2) is 11.6 Å². The van der Waals surface area contributed by atoms with Gasteiger partial charge in [0.1, 0.15) is 5.78 Å². The first kappa shape index (κ1) is 34.1. The lowest BCUT2D eigenvalue weighted by Gasteiger charge is -2.39. The maximum atomic E-state index is 13.0. The number of hydrogen-bond acceptors (Lipinski definition) is 4. The standard InChI is InChI=1S/C23H30O4.C13H20O/c1-14-7-6-12-23(4,5)20(14)19(24)13-15(2)16(3)21(25)17-8-10-18(11-9-17)22(26)27;1-5-7-11(14)12-10(2)8-6-9-13(12,3)4/h6-11,14-16,20H,12-13H2,1-5H3,(H,26,27);5-8,10,12H,9H2,1-4H3/b;7-5+. The molecule has 0 spiro atoms. The van der Waals surface area contributed by atoms with E-state index in [2.05, 4.69) is 65.8 Å². The third-order valence-electron chi connectivity index (χ3n) is 9.09. The highest BCUT2D eigenvalue weighted by Gasteiger charge is 2.40. The maximum Gasteiger partial charge on any atom is 0.335 e. The molecule has 5 heteroatoms. The van der Waals surface area contributed by atoms with Crippen molar-refractivity contribution in [3.8, 4) is 0 Å². The highest BCUT2D eigenvalue weighted by atomic mass is 16.4. The number of carbonyl (C=O) groups excluding carboxylic acids is 3. The fourth-order valence-electron chi connectivity index (χ4n) is 6.63. The van der Waals surface area contributed by atoms with Gasteiger partial charge in [-0.25, -0.2) is 4.79 Å². The fourth-order valence-corrected chi connectivity index (χ4v) is 6.63. The van der Waals surface area contributed by atoms with E-state index in [1.807, 2.05) is 26.8 Å². The lowest BCUT2D eigenvalue weighted by atomic mass is 9.64. The molecule has 1 aromatic rings. The van der Waals surface area contributed by atoms with Crippen molar-refractivity contribution < 1.29 is 24.3 Å². The Morgan fingerprint density at radius 3 is 1.76 bits per heavy atom. The number of ketones is 3. The van der Waals surface area contributed by atoms with Crippen molar-refractivity contribution in [3.05, 3.63) is 71.8 Å². The van der Waals surface area contributed by atoms with Crippen molar-refractivity contribution in [2.24, 2.45) is 46.3 Å². The van der Waals surface area contributed by atoms with Gasteiger partial charge in [0, 0.05) is 29.7 Å². The second-order valence-corrected chi connectivity index (χ2v) is 13.5. The number of carboxylic acid groups (broad SMARTS) is 1. The van der Waals surface area contributed by atoms with Crippen LogP contribution < -0.4 is 0 Å². The molecule has 41 heavy (non-hydrogen) atoms. The Bertz CT molecular complexity index is 1180. The van der Waals surface area contributed by atoms with E-state index in [0.29, 0.717) is 17.9 Å². The number of hydrogen-bond donors (Lipinski definition) is 1. The summed E-state index contributed by atoms with van der Waals surface area (Å²) in [4.78, 5) is 48.6. The normalized spacial score (nSPS) is 26.0. The van der Waals surface area contributed by atoms with Crippen molar-refractivity contribution >= 4 is 23.3 Å². The topological polar surface area (TPSA) is 88.5 Å². The summed E-state index contributed by atoms with van der Waals surface area (Å²) >= 11 is 0. The summed E-state index contributed by atoms with van der Waals surface area (Å²) in [5.41, 5.74) is 0.681. The van der Waals surface area contributed by atoms with Crippen LogP contribution in [0, 0.1) is 46.3 Å². The molecule has 1 aromatic carbocycles. The van der Waals surface area contributed by atoms with Crippen molar-refractivity contribution in [1.82, 2.24) is 0 Å². The maximum absolute atomic E-state index is 13.0. The number of benzene rings is 1. The predicted octanol–water partition coefficient (Wildman–Crippen LogP) is 8.41. The Balaban J connectivity index is 0.000000353. The molecule has 0 radical (unpaired) electrons. The minimum Gasteiger partial charge on any atom is -0.478 e. The first-order valence-electron chi connectivity index (χ1n) is 14.9. The molecule has 224 valence electrons. The van der Waals surface area contributed by atoms with Crippen LogP contribution in [0.2, 0.25) is 0 Å². The van der Waals surface area contributed by atoms with Crippen molar-refractivity contribution in [2.45, 2.75) is 81.6 Å². The van der Waals surface area contributed by atoms with E-state index in [-0.39, 0.29) is 63.3 Å². The Hall–Kier alpha value is -3.08. The number of rotatable bonds is 9. The molecule has 0 fully saturated rings. The summed E-state index contributed by atoms with van der Waals surface area (Å²) in [5.74, 6) is -0.251.